The van der Waals surface area contributed by atoms with Gasteiger partial charge in [0.2, 0.25) is 0 Å². The maximum atomic E-state index is 10.8. The summed E-state index contributed by atoms with van der Waals surface area (Å²) in [6.45, 7) is 7.03. The number of ether oxygens (including phenoxy) is 1. The van der Waals surface area contributed by atoms with Gasteiger partial charge in [0.25, 0.3) is 0 Å². The molecule has 3 nitrogen and oxygen atoms in total. The maximum absolute atomic E-state index is 10.8. The van der Waals surface area contributed by atoms with E-state index in [1.165, 1.54) is 6.08 Å². The molecule has 0 aliphatic rings. The third-order valence-electron chi connectivity index (χ3n) is 1.22. The zero-order valence-electron chi connectivity index (χ0n) is 6.91. The maximum Gasteiger partial charge on any atom is 0.335 e. The summed E-state index contributed by atoms with van der Waals surface area (Å²) in [5.41, 5.74) is 0. The van der Waals surface area contributed by atoms with E-state index in [-0.39, 0.29) is 12.5 Å². The first-order chi connectivity index (χ1) is 5.09. The van der Waals surface area contributed by atoms with E-state index in [1.54, 1.807) is 13.8 Å². The third kappa shape index (κ3) is 3.78. The Hall–Kier alpha value is -0.830. The van der Waals surface area contributed by atoms with Crippen molar-refractivity contribution in [3.8, 4) is 0 Å². The van der Waals surface area contributed by atoms with Gasteiger partial charge in [-0.1, -0.05) is 26.5 Å². The van der Waals surface area contributed by atoms with E-state index >= 15 is 0 Å². The van der Waals surface area contributed by atoms with Gasteiger partial charge in [0, 0.05) is 0 Å². The predicted molar refractivity (Wildman–Crippen MR) is 42.0 cm³/mol. The molecule has 0 aliphatic carbocycles. The van der Waals surface area contributed by atoms with Gasteiger partial charge in [0.05, 0.1) is 0 Å². The Morgan fingerprint density at radius 3 is 2.64 bits per heavy atom. The van der Waals surface area contributed by atoms with Crippen molar-refractivity contribution in [2.24, 2.45) is 5.92 Å². The summed E-state index contributed by atoms with van der Waals surface area (Å²) < 4.78 is 4.61. The van der Waals surface area contributed by atoms with Crippen molar-refractivity contribution in [1.82, 2.24) is 0 Å². The zero-order valence-corrected chi connectivity index (χ0v) is 6.91. The number of hydrogen-bond donors (Lipinski definition) is 1. The summed E-state index contributed by atoms with van der Waals surface area (Å²) in [6.07, 6.45) is 0.445. The van der Waals surface area contributed by atoms with Gasteiger partial charge in [0.1, 0.15) is 6.61 Å². The molecule has 0 heterocycles. The summed E-state index contributed by atoms with van der Waals surface area (Å²) in [6, 6.07) is 0. The Kier molecular flexibility index (Phi) is 4.54. The van der Waals surface area contributed by atoms with Gasteiger partial charge in [-0.2, -0.15) is 0 Å². The summed E-state index contributed by atoms with van der Waals surface area (Å²) >= 11 is 0. The van der Waals surface area contributed by atoms with E-state index in [4.69, 9.17) is 5.11 Å². The van der Waals surface area contributed by atoms with Gasteiger partial charge >= 0.3 is 5.97 Å². The van der Waals surface area contributed by atoms with Crippen molar-refractivity contribution in [3.05, 3.63) is 12.7 Å². The summed E-state index contributed by atoms with van der Waals surface area (Å²) in [4.78, 5) is 10.8. The number of carbonyl (C=O) groups is 1. The molecule has 0 aromatic heterocycles. The molecule has 0 aliphatic heterocycles. The minimum absolute atomic E-state index is 0.104. The first-order valence-electron chi connectivity index (χ1n) is 3.55. The van der Waals surface area contributed by atoms with Crippen molar-refractivity contribution in [2.45, 2.75) is 20.0 Å². The Morgan fingerprint density at radius 2 is 2.27 bits per heavy atom. The fourth-order valence-electron chi connectivity index (χ4n) is 0.499. The Morgan fingerprint density at radius 1 is 1.73 bits per heavy atom. The van der Waals surface area contributed by atoms with Gasteiger partial charge in [-0.25, -0.2) is 4.79 Å². The topological polar surface area (TPSA) is 46.5 Å². The van der Waals surface area contributed by atoms with E-state index in [2.05, 4.69) is 11.3 Å². The summed E-state index contributed by atoms with van der Waals surface area (Å²) in [7, 11) is 0. The molecule has 0 spiro atoms. The molecular weight excluding hydrogens is 144 g/mol. The van der Waals surface area contributed by atoms with Crippen LogP contribution < -0.4 is 0 Å². The van der Waals surface area contributed by atoms with Gasteiger partial charge in [-0.15, -0.1) is 0 Å². The average Bonchev–Trinajstić information content (AvgIpc) is 1.98. The smallest absolute Gasteiger partial charge is 0.335 e. The van der Waals surface area contributed by atoms with Crippen LogP contribution in [-0.4, -0.2) is 23.8 Å². The van der Waals surface area contributed by atoms with E-state index in [0.29, 0.717) is 0 Å². The molecule has 11 heavy (non-hydrogen) atoms. The van der Waals surface area contributed by atoms with Crippen molar-refractivity contribution >= 4 is 5.97 Å². The van der Waals surface area contributed by atoms with Gasteiger partial charge in [0.15, 0.2) is 6.10 Å². The lowest BCUT2D eigenvalue weighted by Crippen LogP contribution is -2.28. The van der Waals surface area contributed by atoms with Crippen LogP contribution in [0.25, 0.3) is 0 Å². The number of hydrogen-bond acceptors (Lipinski definition) is 3. The lowest BCUT2D eigenvalue weighted by atomic mass is 10.1. The quantitative estimate of drug-likeness (QED) is 0.484. The molecule has 0 aromatic carbocycles. The van der Waals surface area contributed by atoms with Crippen molar-refractivity contribution < 1.29 is 14.6 Å². The Balaban J connectivity index is 3.73. The molecule has 1 atom stereocenters. The SMILES string of the molecule is C=CCOC(=O)[C@@H](O)C(C)C. The molecule has 0 aromatic rings. The van der Waals surface area contributed by atoms with Crippen LogP contribution in [-0.2, 0) is 9.53 Å². The zero-order chi connectivity index (χ0) is 8.85. The molecule has 0 saturated heterocycles. The first kappa shape index (κ1) is 10.2. The molecule has 0 amide bonds. The lowest BCUT2D eigenvalue weighted by Gasteiger charge is -2.11. The van der Waals surface area contributed by atoms with Crippen LogP contribution in [0.1, 0.15) is 13.8 Å². The van der Waals surface area contributed by atoms with Gasteiger partial charge in [-0.3, -0.25) is 0 Å². The second kappa shape index (κ2) is 4.91. The highest BCUT2D eigenvalue weighted by atomic mass is 16.5. The molecule has 0 saturated carbocycles. The van der Waals surface area contributed by atoms with Crippen LogP contribution >= 0.6 is 0 Å². The van der Waals surface area contributed by atoms with Crippen LogP contribution in [0.5, 0.6) is 0 Å². The van der Waals surface area contributed by atoms with Crippen LogP contribution in [0.2, 0.25) is 0 Å². The van der Waals surface area contributed by atoms with E-state index in [9.17, 15) is 4.79 Å². The number of aliphatic hydroxyl groups is 1. The van der Waals surface area contributed by atoms with Crippen molar-refractivity contribution in [3.63, 3.8) is 0 Å². The molecule has 0 unspecified atom stereocenters. The highest BCUT2D eigenvalue weighted by molar-refractivity contribution is 5.74. The monoisotopic (exact) mass is 158 g/mol. The van der Waals surface area contributed by atoms with Crippen LogP contribution in [0.4, 0.5) is 0 Å². The fraction of sp³-hybridized carbons (Fsp3) is 0.625. The molecule has 0 radical (unpaired) electrons. The molecule has 3 heteroatoms. The second-order valence-corrected chi connectivity index (χ2v) is 2.61. The number of rotatable bonds is 4. The number of esters is 1. The first-order valence-corrected chi connectivity index (χ1v) is 3.55. The predicted octanol–water partition coefficient (Wildman–Crippen LogP) is 0.732. The van der Waals surface area contributed by atoms with Crippen molar-refractivity contribution in [1.29, 1.82) is 0 Å². The van der Waals surface area contributed by atoms with Crippen molar-refractivity contribution in [2.75, 3.05) is 6.61 Å². The lowest BCUT2D eigenvalue weighted by molar-refractivity contribution is -0.154. The highest BCUT2D eigenvalue weighted by Gasteiger charge is 2.19. The van der Waals surface area contributed by atoms with Crippen LogP contribution in [0, 0.1) is 5.92 Å². The second-order valence-electron chi connectivity index (χ2n) is 2.61. The van der Waals surface area contributed by atoms with Crippen LogP contribution in [0.3, 0.4) is 0 Å². The number of aliphatic hydroxyl groups excluding tert-OH is 1. The van der Waals surface area contributed by atoms with Gasteiger partial charge < -0.3 is 9.84 Å². The molecule has 64 valence electrons. The average molecular weight is 158 g/mol. The molecular formula is C8H14O3. The normalized spacial score (nSPS) is 12.7. The largest absolute Gasteiger partial charge is 0.460 e. The van der Waals surface area contributed by atoms with E-state index in [0.717, 1.165) is 0 Å². The van der Waals surface area contributed by atoms with Gasteiger partial charge in [-0.05, 0) is 5.92 Å². The number of carbonyl (C=O) groups excluding carboxylic acids is 1. The van der Waals surface area contributed by atoms with E-state index < -0.39 is 12.1 Å². The molecule has 0 bridgehead atoms. The summed E-state index contributed by atoms with van der Waals surface area (Å²) in [5.74, 6) is -0.688. The molecule has 1 N–H and O–H groups in total. The minimum atomic E-state index is -1.02. The highest BCUT2D eigenvalue weighted by Crippen LogP contribution is 2.02. The third-order valence-corrected chi connectivity index (χ3v) is 1.22. The minimum Gasteiger partial charge on any atom is -0.460 e. The summed E-state index contributed by atoms with van der Waals surface area (Å²) in [5, 5.41) is 9.11. The fourth-order valence-corrected chi connectivity index (χ4v) is 0.499. The molecule has 0 fully saturated rings. The standard InChI is InChI=1S/C8H14O3/c1-4-5-11-8(10)7(9)6(2)3/h4,6-7,9H,1,5H2,2-3H3/t7-/m0/s1. The van der Waals surface area contributed by atoms with Crippen LogP contribution in [0.15, 0.2) is 12.7 Å². The Labute approximate surface area is 66.7 Å². The van der Waals surface area contributed by atoms with E-state index in [1.807, 2.05) is 0 Å². The Bertz CT molecular complexity index is 140. The molecule has 0 rings (SSSR count).